The standard InChI is InChI=1S/C17H19FN4O2/c18-14-4-2-13(3-5-14)12-21-17(23)22-10-6-15(7-11-22)24-16-19-8-1-9-20-16/h1-5,8-9,15H,6-7,10-12H2,(H,21,23). The van der Waals surface area contributed by atoms with Gasteiger partial charge in [0, 0.05) is 44.9 Å². The third-order valence-corrected chi connectivity index (χ3v) is 3.90. The van der Waals surface area contributed by atoms with Gasteiger partial charge in [0.05, 0.1) is 0 Å². The van der Waals surface area contributed by atoms with Gasteiger partial charge in [0.2, 0.25) is 0 Å². The molecule has 1 fully saturated rings. The lowest BCUT2D eigenvalue weighted by Crippen LogP contribution is -2.46. The zero-order valence-electron chi connectivity index (χ0n) is 13.2. The SMILES string of the molecule is O=C(NCc1ccc(F)cc1)N1CCC(Oc2ncccn2)CC1. The first kappa shape index (κ1) is 16.2. The fourth-order valence-corrected chi connectivity index (χ4v) is 2.56. The second-order valence-electron chi connectivity index (χ2n) is 5.62. The van der Waals surface area contributed by atoms with E-state index in [4.69, 9.17) is 4.74 Å². The van der Waals surface area contributed by atoms with Gasteiger partial charge in [-0.25, -0.2) is 19.2 Å². The van der Waals surface area contributed by atoms with Crippen LogP contribution in [0, 0.1) is 5.82 Å². The number of hydrogen-bond donors (Lipinski definition) is 1. The maximum atomic E-state index is 12.9. The van der Waals surface area contributed by atoms with E-state index in [0.717, 1.165) is 18.4 Å². The molecular weight excluding hydrogens is 311 g/mol. The molecule has 0 aliphatic carbocycles. The Morgan fingerprint density at radius 1 is 1.21 bits per heavy atom. The summed E-state index contributed by atoms with van der Waals surface area (Å²) in [5, 5.41) is 2.85. The molecule has 0 radical (unpaired) electrons. The lowest BCUT2D eigenvalue weighted by atomic mass is 10.1. The van der Waals surface area contributed by atoms with Gasteiger partial charge in [-0.15, -0.1) is 0 Å². The van der Waals surface area contributed by atoms with Crippen LogP contribution < -0.4 is 10.1 Å². The molecule has 0 spiro atoms. The van der Waals surface area contributed by atoms with Gasteiger partial charge in [0.15, 0.2) is 0 Å². The number of ether oxygens (including phenoxy) is 1. The van der Waals surface area contributed by atoms with Gasteiger partial charge in [-0.2, -0.15) is 0 Å². The molecule has 7 heteroatoms. The van der Waals surface area contributed by atoms with Crippen molar-refractivity contribution < 1.29 is 13.9 Å². The summed E-state index contributed by atoms with van der Waals surface area (Å²) in [5.41, 5.74) is 0.865. The van der Waals surface area contributed by atoms with Crippen LogP contribution in [0.15, 0.2) is 42.7 Å². The number of nitrogens with zero attached hydrogens (tertiary/aromatic N) is 3. The zero-order valence-corrected chi connectivity index (χ0v) is 13.2. The largest absolute Gasteiger partial charge is 0.460 e. The molecule has 6 nitrogen and oxygen atoms in total. The Balaban J connectivity index is 1.42. The topological polar surface area (TPSA) is 67.4 Å². The minimum absolute atomic E-state index is 0.0218. The Kier molecular flexibility index (Phi) is 5.20. The van der Waals surface area contributed by atoms with Crippen molar-refractivity contribution in [2.75, 3.05) is 13.1 Å². The molecule has 0 unspecified atom stereocenters. The first-order chi connectivity index (χ1) is 11.7. The number of nitrogens with one attached hydrogen (secondary N) is 1. The smallest absolute Gasteiger partial charge is 0.317 e. The molecule has 2 heterocycles. The average Bonchev–Trinajstić information content (AvgIpc) is 2.62. The molecule has 1 aliphatic heterocycles. The first-order valence-corrected chi connectivity index (χ1v) is 7.91. The highest BCUT2D eigenvalue weighted by molar-refractivity contribution is 5.74. The highest BCUT2D eigenvalue weighted by atomic mass is 19.1. The van der Waals surface area contributed by atoms with E-state index in [9.17, 15) is 9.18 Å². The van der Waals surface area contributed by atoms with Crippen molar-refractivity contribution in [2.45, 2.75) is 25.5 Å². The van der Waals surface area contributed by atoms with Gasteiger partial charge in [-0.1, -0.05) is 12.1 Å². The molecule has 0 bridgehead atoms. The van der Waals surface area contributed by atoms with Crippen molar-refractivity contribution in [1.29, 1.82) is 0 Å². The monoisotopic (exact) mass is 330 g/mol. The van der Waals surface area contributed by atoms with Crippen molar-refractivity contribution in [1.82, 2.24) is 20.2 Å². The summed E-state index contributed by atoms with van der Waals surface area (Å²) >= 11 is 0. The van der Waals surface area contributed by atoms with Crippen LogP contribution in [0.2, 0.25) is 0 Å². The number of carbonyl (C=O) groups excluding carboxylic acids is 1. The van der Waals surface area contributed by atoms with Crippen molar-refractivity contribution in [3.8, 4) is 6.01 Å². The number of piperidine rings is 1. The second-order valence-corrected chi connectivity index (χ2v) is 5.62. The summed E-state index contributed by atoms with van der Waals surface area (Å²) in [4.78, 5) is 22.0. The number of urea groups is 1. The minimum atomic E-state index is -0.283. The van der Waals surface area contributed by atoms with E-state index < -0.39 is 0 Å². The molecule has 1 saturated heterocycles. The number of likely N-dealkylation sites (tertiary alicyclic amines) is 1. The molecule has 2 aromatic rings. The Morgan fingerprint density at radius 2 is 1.88 bits per heavy atom. The van der Waals surface area contributed by atoms with E-state index in [1.54, 1.807) is 35.5 Å². The summed E-state index contributed by atoms with van der Waals surface area (Å²) in [6.45, 7) is 1.62. The fraction of sp³-hybridized carbons (Fsp3) is 0.353. The third-order valence-electron chi connectivity index (χ3n) is 3.90. The summed E-state index contributed by atoms with van der Waals surface area (Å²) in [5.74, 6) is -0.283. The van der Waals surface area contributed by atoms with Crippen LogP contribution in [0.25, 0.3) is 0 Å². The minimum Gasteiger partial charge on any atom is -0.460 e. The van der Waals surface area contributed by atoms with Gasteiger partial charge < -0.3 is 15.0 Å². The van der Waals surface area contributed by atoms with Crippen molar-refractivity contribution in [2.24, 2.45) is 0 Å². The van der Waals surface area contributed by atoms with Crippen LogP contribution in [-0.2, 0) is 6.54 Å². The Labute approximate surface area is 139 Å². The Bertz CT molecular complexity index is 658. The zero-order chi connectivity index (χ0) is 16.8. The summed E-state index contributed by atoms with van der Waals surface area (Å²) in [6.07, 6.45) is 4.78. The first-order valence-electron chi connectivity index (χ1n) is 7.91. The number of aromatic nitrogens is 2. The van der Waals surface area contributed by atoms with Gasteiger partial charge in [-0.05, 0) is 23.8 Å². The van der Waals surface area contributed by atoms with Gasteiger partial charge in [0.25, 0.3) is 0 Å². The molecule has 1 aromatic carbocycles. The maximum absolute atomic E-state index is 12.9. The van der Waals surface area contributed by atoms with Gasteiger partial charge >= 0.3 is 12.0 Å². The summed E-state index contributed by atoms with van der Waals surface area (Å²) in [7, 11) is 0. The Hall–Kier alpha value is -2.70. The van der Waals surface area contributed by atoms with E-state index in [0.29, 0.717) is 25.6 Å². The van der Waals surface area contributed by atoms with Crippen LogP contribution in [0.3, 0.4) is 0 Å². The number of carbonyl (C=O) groups is 1. The van der Waals surface area contributed by atoms with E-state index in [2.05, 4.69) is 15.3 Å². The number of rotatable bonds is 4. The number of halogens is 1. The molecule has 126 valence electrons. The number of amides is 2. The Morgan fingerprint density at radius 3 is 2.54 bits per heavy atom. The highest BCUT2D eigenvalue weighted by Crippen LogP contribution is 2.15. The number of benzene rings is 1. The lowest BCUT2D eigenvalue weighted by molar-refractivity contribution is 0.103. The van der Waals surface area contributed by atoms with E-state index in [-0.39, 0.29) is 18.0 Å². The van der Waals surface area contributed by atoms with Crippen molar-refractivity contribution in [3.05, 3.63) is 54.1 Å². The van der Waals surface area contributed by atoms with Gasteiger partial charge in [-0.3, -0.25) is 0 Å². The fourth-order valence-electron chi connectivity index (χ4n) is 2.56. The van der Waals surface area contributed by atoms with Crippen LogP contribution in [0.1, 0.15) is 18.4 Å². The van der Waals surface area contributed by atoms with E-state index >= 15 is 0 Å². The second kappa shape index (κ2) is 7.72. The molecule has 3 rings (SSSR count). The summed E-state index contributed by atoms with van der Waals surface area (Å²) in [6, 6.07) is 8.09. The predicted molar refractivity (Wildman–Crippen MR) is 85.9 cm³/mol. The van der Waals surface area contributed by atoms with E-state index in [1.807, 2.05) is 0 Å². The molecule has 0 saturated carbocycles. The van der Waals surface area contributed by atoms with Crippen LogP contribution in [0.4, 0.5) is 9.18 Å². The van der Waals surface area contributed by atoms with Crippen molar-refractivity contribution in [3.63, 3.8) is 0 Å². The average molecular weight is 330 g/mol. The van der Waals surface area contributed by atoms with E-state index in [1.165, 1.54) is 12.1 Å². The molecule has 1 aliphatic rings. The molecule has 0 atom stereocenters. The normalized spacial score (nSPS) is 15.1. The maximum Gasteiger partial charge on any atom is 0.317 e. The molecule has 24 heavy (non-hydrogen) atoms. The lowest BCUT2D eigenvalue weighted by Gasteiger charge is -2.31. The van der Waals surface area contributed by atoms with Crippen LogP contribution >= 0.6 is 0 Å². The highest BCUT2D eigenvalue weighted by Gasteiger charge is 2.24. The molecule has 2 amide bonds. The predicted octanol–water partition coefficient (Wildman–Crippen LogP) is 2.37. The summed E-state index contributed by atoms with van der Waals surface area (Å²) < 4.78 is 18.6. The van der Waals surface area contributed by atoms with Crippen LogP contribution in [-0.4, -0.2) is 40.1 Å². The number of hydrogen-bond acceptors (Lipinski definition) is 4. The molecular formula is C17H19FN4O2. The van der Waals surface area contributed by atoms with Gasteiger partial charge in [0.1, 0.15) is 11.9 Å². The quantitative estimate of drug-likeness (QED) is 0.934. The van der Waals surface area contributed by atoms with Crippen LogP contribution in [0.5, 0.6) is 6.01 Å². The molecule has 1 N–H and O–H groups in total. The van der Waals surface area contributed by atoms with Crippen molar-refractivity contribution >= 4 is 6.03 Å². The molecule has 1 aromatic heterocycles. The third kappa shape index (κ3) is 4.41.